The summed E-state index contributed by atoms with van der Waals surface area (Å²) in [6.45, 7) is 0. The van der Waals surface area contributed by atoms with Crippen molar-refractivity contribution < 1.29 is 23.9 Å². The maximum absolute atomic E-state index is 13.2. The number of hydrogen-bond acceptors (Lipinski definition) is 5. The van der Waals surface area contributed by atoms with Crippen LogP contribution in [0.1, 0.15) is 6.42 Å². The number of thioether (sulfide) groups is 1. The molecule has 1 aromatic rings. The van der Waals surface area contributed by atoms with Gasteiger partial charge in [0.15, 0.2) is 0 Å². The van der Waals surface area contributed by atoms with Crippen LogP contribution in [0.25, 0.3) is 0 Å². The summed E-state index contributed by atoms with van der Waals surface area (Å²) in [5.74, 6) is -2.60. The SMILES string of the molecule is N[C@H](CS[C@H]1CC(=O)N(c2cccc(F)c2)C1=O)C(=O)O. The predicted molar refractivity (Wildman–Crippen MR) is 75.4 cm³/mol. The highest BCUT2D eigenvalue weighted by Gasteiger charge is 2.40. The van der Waals surface area contributed by atoms with Crippen LogP contribution in [0.3, 0.4) is 0 Å². The number of aliphatic carboxylic acids is 1. The smallest absolute Gasteiger partial charge is 0.321 e. The van der Waals surface area contributed by atoms with E-state index in [9.17, 15) is 18.8 Å². The molecule has 112 valence electrons. The first kappa shape index (κ1) is 15.5. The van der Waals surface area contributed by atoms with Gasteiger partial charge in [-0.3, -0.25) is 14.4 Å². The van der Waals surface area contributed by atoms with Crippen LogP contribution in [0.5, 0.6) is 0 Å². The van der Waals surface area contributed by atoms with E-state index >= 15 is 0 Å². The zero-order valence-corrected chi connectivity index (χ0v) is 11.7. The average Bonchev–Trinajstić information content (AvgIpc) is 2.70. The molecule has 6 nitrogen and oxygen atoms in total. The Morgan fingerprint density at radius 1 is 1.52 bits per heavy atom. The topological polar surface area (TPSA) is 101 Å². The standard InChI is InChI=1S/C13H13FN2O4S/c14-7-2-1-3-8(4-7)16-11(17)5-10(12(16)18)21-6-9(15)13(19)20/h1-4,9-10H,5-6,15H2,(H,19,20)/t9-,10+/m1/s1. The van der Waals surface area contributed by atoms with E-state index in [0.717, 1.165) is 22.7 Å². The van der Waals surface area contributed by atoms with E-state index in [2.05, 4.69) is 0 Å². The Morgan fingerprint density at radius 2 is 2.24 bits per heavy atom. The van der Waals surface area contributed by atoms with Gasteiger partial charge in [0.1, 0.15) is 11.9 Å². The molecule has 1 heterocycles. The molecule has 8 heteroatoms. The number of benzene rings is 1. The van der Waals surface area contributed by atoms with Crippen LogP contribution in [0.2, 0.25) is 0 Å². The molecule has 0 saturated carbocycles. The number of imide groups is 1. The number of carbonyl (C=O) groups is 3. The van der Waals surface area contributed by atoms with Gasteiger partial charge in [-0.1, -0.05) is 6.07 Å². The molecule has 0 aliphatic carbocycles. The van der Waals surface area contributed by atoms with Crippen LogP contribution in [0.4, 0.5) is 10.1 Å². The van der Waals surface area contributed by atoms with Crippen molar-refractivity contribution in [3.8, 4) is 0 Å². The molecule has 2 rings (SSSR count). The van der Waals surface area contributed by atoms with Gasteiger partial charge in [0.05, 0.1) is 10.9 Å². The third-order valence-electron chi connectivity index (χ3n) is 2.97. The lowest BCUT2D eigenvalue weighted by Crippen LogP contribution is -2.35. The van der Waals surface area contributed by atoms with Crippen LogP contribution in [0.15, 0.2) is 24.3 Å². The van der Waals surface area contributed by atoms with Crippen molar-refractivity contribution in [3.63, 3.8) is 0 Å². The van der Waals surface area contributed by atoms with Crippen molar-refractivity contribution in [3.05, 3.63) is 30.1 Å². The van der Waals surface area contributed by atoms with E-state index in [1.165, 1.54) is 18.2 Å². The highest BCUT2D eigenvalue weighted by Crippen LogP contribution is 2.30. The van der Waals surface area contributed by atoms with Crippen molar-refractivity contribution >= 4 is 35.2 Å². The second-order valence-corrected chi connectivity index (χ2v) is 5.75. The minimum absolute atomic E-state index is 0.0238. The summed E-state index contributed by atoms with van der Waals surface area (Å²) in [7, 11) is 0. The zero-order valence-electron chi connectivity index (χ0n) is 10.9. The molecule has 21 heavy (non-hydrogen) atoms. The third kappa shape index (κ3) is 3.40. The second kappa shape index (κ2) is 6.23. The molecule has 1 fully saturated rings. The first-order valence-electron chi connectivity index (χ1n) is 6.12. The number of carboxylic acid groups (broad SMARTS) is 1. The summed E-state index contributed by atoms with van der Waals surface area (Å²) in [5, 5.41) is 8.00. The van der Waals surface area contributed by atoms with E-state index in [0.29, 0.717) is 0 Å². The van der Waals surface area contributed by atoms with Crippen LogP contribution in [0, 0.1) is 5.82 Å². The lowest BCUT2D eigenvalue weighted by Gasteiger charge is -2.15. The Kier molecular flexibility index (Phi) is 4.59. The molecule has 1 aliphatic heterocycles. The van der Waals surface area contributed by atoms with Crippen molar-refractivity contribution in [1.29, 1.82) is 0 Å². The summed E-state index contributed by atoms with van der Waals surface area (Å²) in [6, 6.07) is 4.10. The zero-order chi connectivity index (χ0) is 15.6. The van der Waals surface area contributed by atoms with E-state index in [-0.39, 0.29) is 17.9 Å². The monoisotopic (exact) mass is 312 g/mol. The number of nitrogens with zero attached hydrogens (tertiary/aromatic N) is 1. The Labute approximate surface area is 124 Å². The Morgan fingerprint density at radius 3 is 2.86 bits per heavy atom. The first-order valence-corrected chi connectivity index (χ1v) is 7.17. The molecule has 1 aliphatic rings. The lowest BCUT2D eigenvalue weighted by molar-refractivity contribution is -0.138. The quantitative estimate of drug-likeness (QED) is 0.772. The van der Waals surface area contributed by atoms with Crippen molar-refractivity contribution in [1.82, 2.24) is 0 Å². The maximum Gasteiger partial charge on any atom is 0.321 e. The fourth-order valence-corrected chi connectivity index (χ4v) is 3.00. The van der Waals surface area contributed by atoms with E-state index < -0.39 is 34.9 Å². The highest BCUT2D eigenvalue weighted by molar-refractivity contribution is 8.00. The number of anilines is 1. The number of rotatable bonds is 5. The summed E-state index contributed by atoms with van der Waals surface area (Å²) in [6.07, 6.45) is -0.0493. The molecule has 3 N–H and O–H groups in total. The van der Waals surface area contributed by atoms with Gasteiger partial charge in [0, 0.05) is 12.2 Å². The van der Waals surface area contributed by atoms with Crippen molar-refractivity contribution in [2.75, 3.05) is 10.7 Å². The van der Waals surface area contributed by atoms with Crippen LogP contribution in [-0.2, 0) is 14.4 Å². The first-order chi connectivity index (χ1) is 9.90. The third-order valence-corrected chi connectivity index (χ3v) is 4.29. The molecule has 2 atom stereocenters. The van der Waals surface area contributed by atoms with Crippen LogP contribution < -0.4 is 10.6 Å². The van der Waals surface area contributed by atoms with Gasteiger partial charge < -0.3 is 10.8 Å². The van der Waals surface area contributed by atoms with Gasteiger partial charge in [-0.15, -0.1) is 11.8 Å². The van der Waals surface area contributed by atoms with Gasteiger partial charge in [-0.05, 0) is 18.2 Å². The number of halogens is 1. The molecular weight excluding hydrogens is 299 g/mol. The highest BCUT2D eigenvalue weighted by atomic mass is 32.2. The van der Waals surface area contributed by atoms with Gasteiger partial charge in [0.25, 0.3) is 0 Å². The number of hydrogen-bond donors (Lipinski definition) is 2. The Balaban J connectivity index is 2.08. The summed E-state index contributed by atoms with van der Waals surface area (Å²) in [4.78, 5) is 35.6. The minimum atomic E-state index is -1.17. The molecule has 0 unspecified atom stereocenters. The van der Waals surface area contributed by atoms with Crippen LogP contribution >= 0.6 is 11.8 Å². The van der Waals surface area contributed by atoms with E-state index in [1.54, 1.807) is 0 Å². The van der Waals surface area contributed by atoms with Crippen molar-refractivity contribution in [2.24, 2.45) is 5.73 Å². The van der Waals surface area contributed by atoms with Gasteiger partial charge in [0.2, 0.25) is 11.8 Å². The fourth-order valence-electron chi connectivity index (χ4n) is 1.91. The molecular formula is C13H13FN2O4S. The molecule has 2 amide bonds. The summed E-state index contributed by atoms with van der Waals surface area (Å²) >= 11 is 1.02. The number of nitrogens with two attached hydrogens (primary N) is 1. The van der Waals surface area contributed by atoms with Crippen LogP contribution in [-0.4, -0.2) is 39.9 Å². The summed E-state index contributed by atoms with van der Waals surface area (Å²) in [5.41, 5.74) is 5.54. The Bertz CT molecular complexity index is 595. The molecule has 0 bridgehead atoms. The molecule has 0 radical (unpaired) electrons. The number of carbonyl (C=O) groups excluding carboxylic acids is 2. The van der Waals surface area contributed by atoms with Gasteiger partial charge in [-0.2, -0.15) is 0 Å². The normalized spacial score (nSPS) is 19.9. The molecule has 1 aromatic carbocycles. The molecule has 0 aromatic heterocycles. The second-order valence-electron chi connectivity index (χ2n) is 4.52. The number of amides is 2. The molecule has 0 spiro atoms. The Hall–Kier alpha value is -1.93. The number of carboxylic acids is 1. The van der Waals surface area contributed by atoms with Gasteiger partial charge in [-0.25, -0.2) is 9.29 Å². The maximum atomic E-state index is 13.2. The average molecular weight is 312 g/mol. The lowest BCUT2D eigenvalue weighted by atomic mass is 10.3. The van der Waals surface area contributed by atoms with Gasteiger partial charge >= 0.3 is 5.97 Å². The largest absolute Gasteiger partial charge is 0.480 e. The van der Waals surface area contributed by atoms with E-state index in [4.69, 9.17) is 10.8 Å². The predicted octanol–water partition coefficient (Wildman–Crippen LogP) is 0.603. The summed E-state index contributed by atoms with van der Waals surface area (Å²) < 4.78 is 13.2. The molecule has 1 saturated heterocycles. The van der Waals surface area contributed by atoms with Crippen molar-refractivity contribution in [2.45, 2.75) is 17.7 Å². The fraction of sp³-hybridized carbons (Fsp3) is 0.308. The minimum Gasteiger partial charge on any atom is -0.480 e. The van der Waals surface area contributed by atoms with E-state index in [1.807, 2.05) is 0 Å².